The number of hydrogen-bond donors (Lipinski definition) is 2. The first-order valence-electron chi connectivity index (χ1n) is 7.33. The van der Waals surface area contributed by atoms with Gasteiger partial charge < -0.3 is 15.1 Å². The summed E-state index contributed by atoms with van der Waals surface area (Å²) in [6, 6.07) is 9.83. The van der Waals surface area contributed by atoms with E-state index in [0.717, 1.165) is 43.3 Å². The molecule has 2 aromatic rings. The maximum Gasteiger partial charge on any atom is 0.191 e. The summed E-state index contributed by atoms with van der Waals surface area (Å²) in [5, 5.41) is 6.55. The highest BCUT2D eigenvalue weighted by Gasteiger charge is 1.99. The summed E-state index contributed by atoms with van der Waals surface area (Å²) in [4.78, 5) is 8.84. The molecule has 5 nitrogen and oxygen atoms in total. The molecule has 0 saturated carbocycles. The van der Waals surface area contributed by atoms with E-state index in [4.69, 9.17) is 4.42 Å². The average molecular weight is 286 g/mol. The second-order valence-electron chi connectivity index (χ2n) is 4.59. The summed E-state index contributed by atoms with van der Waals surface area (Å²) in [6.45, 7) is 4.41. The molecule has 21 heavy (non-hydrogen) atoms. The van der Waals surface area contributed by atoms with Crippen LogP contribution in [0.15, 0.2) is 52.2 Å². The van der Waals surface area contributed by atoms with Gasteiger partial charge >= 0.3 is 0 Å². The molecule has 2 N–H and O–H groups in total. The number of hydrogen-bond acceptors (Lipinski definition) is 3. The second-order valence-corrected chi connectivity index (χ2v) is 4.59. The van der Waals surface area contributed by atoms with Gasteiger partial charge in [-0.3, -0.25) is 9.98 Å². The van der Waals surface area contributed by atoms with E-state index in [1.807, 2.05) is 36.5 Å². The van der Waals surface area contributed by atoms with Crippen molar-refractivity contribution in [2.45, 2.75) is 19.8 Å². The van der Waals surface area contributed by atoms with Gasteiger partial charge in [-0.05, 0) is 31.2 Å². The Morgan fingerprint density at radius 3 is 2.86 bits per heavy atom. The van der Waals surface area contributed by atoms with Crippen LogP contribution < -0.4 is 10.6 Å². The molecule has 2 heterocycles. The molecular formula is C16H22N4O. The van der Waals surface area contributed by atoms with Gasteiger partial charge in [-0.1, -0.05) is 6.07 Å². The van der Waals surface area contributed by atoms with Gasteiger partial charge in [0.15, 0.2) is 5.96 Å². The molecule has 0 bridgehead atoms. The summed E-state index contributed by atoms with van der Waals surface area (Å²) >= 11 is 0. The average Bonchev–Trinajstić information content (AvgIpc) is 3.02. The van der Waals surface area contributed by atoms with Crippen molar-refractivity contribution in [2.75, 3.05) is 19.6 Å². The molecule has 0 radical (unpaired) electrons. The molecule has 0 aliphatic carbocycles. The van der Waals surface area contributed by atoms with Gasteiger partial charge in [-0.15, -0.1) is 0 Å². The molecule has 0 aliphatic heterocycles. The van der Waals surface area contributed by atoms with E-state index in [-0.39, 0.29) is 0 Å². The van der Waals surface area contributed by atoms with Crippen molar-refractivity contribution in [2.24, 2.45) is 4.99 Å². The van der Waals surface area contributed by atoms with Crippen molar-refractivity contribution in [1.29, 1.82) is 0 Å². The molecule has 0 amide bonds. The Bertz CT molecular complexity index is 522. The Kier molecular flexibility index (Phi) is 6.32. The van der Waals surface area contributed by atoms with Gasteiger partial charge in [0, 0.05) is 44.4 Å². The van der Waals surface area contributed by atoms with E-state index in [9.17, 15) is 0 Å². The number of aromatic nitrogens is 1. The van der Waals surface area contributed by atoms with Crippen LogP contribution in [-0.4, -0.2) is 30.6 Å². The van der Waals surface area contributed by atoms with Crippen LogP contribution in [-0.2, 0) is 12.8 Å². The van der Waals surface area contributed by atoms with Crippen LogP contribution in [0.5, 0.6) is 0 Å². The number of guanidine groups is 1. The molecule has 0 spiro atoms. The van der Waals surface area contributed by atoms with E-state index in [1.165, 1.54) is 0 Å². The quantitative estimate of drug-likeness (QED) is 0.604. The van der Waals surface area contributed by atoms with Crippen LogP contribution in [0.2, 0.25) is 0 Å². The fourth-order valence-corrected chi connectivity index (χ4v) is 1.93. The van der Waals surface area contributed by atoms with Gasteiger partial charge in [0.25, 0.3) is 0 Å². The van der Waals surface area contributed by atoms with Gasteiger partial charge in [0.1, 0.15) is 5.76 Å². The second kappa shape index (κ2) is 8.79. The van der Waals surface area contributed by atoms with Gasteiger partial charge in [-0.2, -0.15) is 0 Å². The molecule has 0 aromatic carbocycles. The fourth-order valence-electron chi connectivity index (χ4n) is 1.93. The molecule has 112 valence electrons. The van der Waals surface area contributed by atoms with Crippen LogP contribution in [0.25, 0.3) is 0 Å². The summed E-state index contributed by atoms with van der Waals surface area (Å²) in [7, 11) is 0. The molecule has 0 atom stereocenters. The lowest BCUT2D eigenvalue weighted by atomic mass is 10.3. The monoisotopic (exact) mass is 286 g/mol. The number of rotatable bonds is 7. The number of furan rings is 1. The lowest BCUT2D eigenvalue weighted by molar-refractivity contribution is 0.510. The Morgan fingerprint density at radius 1 is 1.19 bits per heavy atom. The molecular weight excluding hydrogens is 264 g/mol. The Hall–Kier alpha value is -2.30. The van der Waals surface area contributed by atoms with Crippen LogP contribution in [0, 0.1) is 0 Å². The third kappa shape index (κ3) is 5.69. The maximum atomic E-state index is 5.30. The highest BCUT2D eigenvalue weighted by molar-refractivity contribution is 5.79. The first kappa shape index (κ1) is 15.1. The minimum Gasteiger partial charge on any atom is -0.469 e. The van der Waals surface area contributed by atoms with Crippen molar-refractivity contribution < 1.29 is 4.42 Å². The molecule has 2 aromatic heterocycles. The normalized spacial score (nSPS) is 11.4. The van der Waals surface area contributed by atoms with E-state index in [1.54, 1.807) is 6.26 Å². The van der Waals surface area contributed by atoms with E-state index in [2.05, 4.69) is 27.5 Å². The molecule has 0 fully saturated rings. The Labute approximate surface area is 125 Å². The molecule has 5 heteroatoms. The van der Waals surface area contributed by atoms with Crippen molar-refractivity contribution in [1.82, 2.24) is 15.6 Å². The molecule has 0 saturated heterocycles. The van der Waals surface area contributed by atoms with Gasteiger partial charge in [0.05, 0.1) is 6.26 Å². The van der Waals surface area contributed by atoms with Crippen LogP contribution in [0.4, 0.5) is 0 Å². The number of pyridine rings is 1. The largest absolute Gasteiger partial charge is 0.469 e. The summed E-state index contributed by atoms with van der Waals surface area (Å²) in [5.41, 5.74) is 1.08. The first-order chi connectivity index (χ1) is 10.4. The van der Waals surface area contributed by atoms with Gasteiger partial charge in [-0.25, -0.2) is 0 Å². The van der Waals surface area contributed by atoms with Crippen LogP contribution in [0.3, 0.4) is 0 Å². The Morgan fingerprint density at radius 2 is 2.14 bits per heavy atom. The van der Waals surface area contributed by atoms with Crippen LogP contribution >= 0.6 is 0 Å². The lowest BCUT2D eigenvalue weighted by Crippen LogP contribution is -2.38. The van der Waals surface area contributed by atoms with Crippen molar-refractivity contribution in [3.63, 3.8) is 0 Å². The minimum absolute atomic E-state index is 0.701. The highest BCUT2D eigenvalue weighted by Crippen LogP contribution is 2.00. The van der Waals surface area contributed by atoms with Crippen molar-refractivity contribution in [3.05, 3.63) is 54.2 Å². The number of nitrogens with one attached hydrogen (secondary N) is 2. The lowest BCUT2D eigenvalue weighted by Gasteiger charge is -2.10. The minimum atomic E-state index is 0.701. The predicted molar refractivity (Wildman–Crippen MR) is 84.3 cm³/mol. The van der Waals surface area contributed by atoms with E-state index in [0.29, 0.717) is 6.54 Å². The summed E-state index contributed by atoms with van der Waals surface area (Å²) in [6.07, 6.45) is 5.20. The Balaban J connectivity index is 1.75. The third-order valence-corrected chi connectivity index (χ3v) is 2.95. The van der Waals surface area contributed by atoms with Crippen molar-refractivity contribution >= 4 is 5.96 Å². The SMILES string of the molecule is CCNC(=NCCc1ccco1)NCCc1ccccn1. The number of nitrogens with zero attached hydrogens (tertiary/aromatic N) is 2. The van der Waals surface area contributed by atoms with E-state index >= 15 is 0 Å². The van der Waals surface area contributed by atoms with Gasteiger partial charge in [0.2, 0.25) is 0 Å². The highest BCUT2D eigenvalue weighted by atomic mass is 16.3. The fraction of sp³-hybridized carbons (Fsp3) is 0.375. The summed E-state index contributed by atoms with van der Waals surface area (Å²) in [5.74, 6) is 1.79. The zero-order valence-electron chi connectivity index (χ0n) is 12.4. The number of aliphatic imine (C=N–C) groups is 1. The predicted octanol–water partition coefficient (Wildman–Crippen LogP) is 2.01. The zero-order chi connectivity index (χ0) is 14.8. The van der Waals surface area contributed by atoms with Crippen molar-refractivity contribution in [3.8, 4) is 0 Å². The molecule has 2 rings (SSSR count). The zero-order valence-corrected chi connectivity index (χ0v) is 12.4. The first-order valence-corrected chi connectivity index (χ1v) is 7.33. The van der Waals surface area contributed by atoms with E-state index < -0.39 is 0 Å². The van der Waals surface area contributed by atoms with Crippen LogP contribution in [0.1, 0.15) is 18.4 Å². The smallest absolute Gasteiger partial charge is 0.191 e. The molecule has 0 unspecified atom stereocenters. The maximum absolute atomic E-state index is 5.30. The topological polar surface area (TPSA) is 62.5 Å². The third-order valence-electron chi connectivity index (χ3n) is 2.95. The molecule has 0 aliphatic rings. The standard InChI is InChI=1S/C16H22N4O/c1-2-17-16(20-12-9-15-7-5-13-21-15)19-11-8-14-6-3-4-10-18-14/h3-7,10,13H,2,8-9,11-12H2,1H3,(H2,17,19,20). The summed E-state index contributed by atoms with van der Waals surface area (Å²) < 4.78 is 5.30.